The Bertz CT molecular complexity index is 505. The molecule has 1 aromatic carbocycles. The van der Waals surface area contributed by atoms with Crippen LogP contribution in [0.4, 0.5) is 0 Å². The maximum absolute atomic E-state index is 9.86. The molecule has 0 radical (unpaired) electrons. The van der Waals surface area contributed by atoms with Gasteiger partial charge in [0.05, 0.1) is 0 Å². The third kappa shape index (κ3) is 2.24. The largest absolute Gasteiger partial charge is 0.507 e. The maximum atomic E-state index is 9.86. The zero-order valence-electron chi connectivity index (χ0n) is 8.87. The lowest BCUT2D eigenvalue weighted by molar-refractivity contribution is 0.469. The van der Waals surface area contributed by atoms with E-state index in [9.17, 15) is 5.11 Å². The summed E-state index contributed by atoms with van der Waals surface area (Å²) in [5, 5.41) is 27.2. The lowest BCUT2D eigenvalue weighted by atomic mass is 10.0. The molecule has 0 atom stereocenters. The van der Waals surface area contributed by atoms with E-state index in [1.165, 1.54) is 6.08 Å². The second-order valence-corrected chi connectivity index (χ2v) is 4.20. The van der Waals surface area contributed by atoms with Gasteiger partial charge in [-0.3, -0.25) is 0 Å². The minimum atomic E-state index is -0.0316. The molecule has 1 aromatic rings. The molecule has 1 N–H and O–H groups in total. The van der Waals surface area contributed by atoms with E-state index in [1.54, 1.807) is 32.1 Å². The molecule has 1 rings (SSSR count). The first-order valence-corrected chi connectivity index (χ1v) is 5.31. The Morgan fingerprint density at radius 2 is 1.94 bits per heavy atom. The molecule has 80 valence electrons. The van der Waals surface area contributed by atoms with Crippen LogP contribution in [0.25, 0.3) is 6.08 Å². The first-order valence-electron chi connectivity index (χ1n) is 4.51. The van der Waals surface area contributed by atoms with Crippen LogP contribution in [0.2, 0.25) is 0 Å². The minimum Gasteiger partial charge on any atom is -0.507 e. The van der Waals surface area contributed by atoms with Gasteiger partial charge in [-0.05, 0) is 37.1 Å². The third-order valence-electron chi connectivity index (χ3n) is 2.26. The number of aryl methyl sites for hydroxylation is 1. The number of phenolic OH excluding ortho intramolecular Hbond substituents is 1. The number of nitrogens with zero attached hydrogens (tertiary/aromatic N) is 2. The van der Waals surface area contributed by atoms with Gasteiger partial charge in [0, 0.05) is 10.0 Å². The fourth-order valence-corrected chi connectivity index (χ4v) is 1.85. The maximum Gasteiger partial charge on any atom is 0.130 e. The summed E-state index contributed by atoms with van der Waals surface area (Å²) in [5.74, 6) is 0.101. The van der Waals surface area contributed by atoms with Crippen LogP contribution in [0.3, 0.4) is 0 Å². The Hall–Kier alpha value is -1.78. The van der Waals surface area contributed by atoms with Crippen molar-refractivity contribution in [1.82, 2.24) is 0 Å². The number of hydrogen-bond donors (Lipinski definition) is 1. The second-order valence-electron chi connectivity index (χ2n) is 3.34. The number of halogens is 1. The first kappa shape index (κ1) is 12.3. The molecule has 0 aliphatic rings. The molecule has 0 saturated carbocycles. The standard InChI is InChI=1S/C12H9BrN2O/c1-7-3-11(13)8(2)10(12(7)16)4-9(5-14)6-15/h3-4,16H,1-2H3. The lowest BCUT2D eigenvalue weighted by Crippen LogP contribution is -1.89. The summed E-state index contributed by atoms with van der Waals surface area (Å²) in [5.41, 5.74) is 1.96. The van der Waals surface area contributed by atoms with Crippen molar-refractivity contribution in [2.75, 3.05) is 0 Å². The average molecular weight is 277 g/mol. The fraction of sp³-hybridized carbons (Fsp3) is 0.167. The zero-order chi connectivity index (χ0) is 12.3. The number of hydrogen-bond acceptors (Lipinski definition) is 3. The molecule has 0 bridgehead atoms. The number of aromatic hydroxyl groups is 1. The highest BCUT2D eigenvalue weighted by Gasteiger charge is 2.10. The minimum absolute atomic E-state index is 0.0316. The Morgan fingerprint density at radius 1 is 1.38 bits per heavy atom. The molecule has 0 unspecified atom stereocenters. The summed E-state index contributed by atoms with van der Waals surface area (Å²) >= 11 is 3.36. The molecule has 0 amide bonds. The summed E-state index contributed by atoms with van der Waals surface area (Å²) in [4.78, 5) is 0. The van der Waals surface area contributed by atoms with E-state index in [4.69, 9.17) is 10.5 Å². The highest BCUT2D eigenvalue weighted by molar-refractivity contribution is 9.10. The SMILES string of the molecule is Cc1cc(Br)c(C)c(C=C(C#N)C#N)c1O. The summed E-state index contributed by atoms with van der Waals surface area (Å²) in [6.45, 7) is 3.57. The van der Waals surface area contributed by atoms with Crippen molar-refractivity contribution < 1.29 is 5.11 Å². The first-order chi connectivity index (χ1) is 7.51. The van der Waals surface area contributed by atoms with Gasteiger partial charge in [0.1, 0.15) is 23.5 Å². The Morgan fingerprint density at radius 3 is 2.44 bits per heavy atom. The summed E-state index contributed by atoms with van der Waals surface area (Å²) in [6.07, 6.45) is 1.39. The van der Waals surface area contributed by atoms with Crippen LogP contribution < -0.4 is 0 Å². The molecule has 0 aromatic heterocycles. The Balaban J connectivity index is 3.53. The summed E-state index contributed by atoms with van der Waals surface area (Å²) < 4.78 is 0.837. The molecule has 3 nitrogen and oxygen atoms in total. The van der Waals surface area contributed by atoms with Gasteiger partial charge in [-0.15, -0.1) is 0 Å². The smallest absolute Gasteiger partial charge is 0.130 e. The van der Waals surface area contributed by atoms with Gasteiger partial charge in [0.25, 0.3) is 0 Å². The molecular weight excluding hydrogens is 268 g/mol. The van der Waals surface area contributed by atoms with Crippen molar-refractivity contribution in [3.63, 3.8) is 0 Å². The van der Waals surface area contributed by atoms with Crippen LogP contribution in [0, 0.1) is 36.5 Å². The molecule has 0 aliphatic carbocycles. The van der Waals surface area contributed by atoms with Crippen molar-refractivity contribution in [2.45, 2.75) is 13.8 Å². The van der Waals surface area contributed by atoms with Gasteiger partial charge in [0.15, 0.2) is 0 Å². The van der Waals surface area contributed by atoms with Crippen LogP contribution >= 0.6 is 15.9 Å². The quantitative estimate of drug-likeness (QED) is 0.801. The molecule has 4 heteroatoms. The van der Waals surface area contributed by atoms with E-state index < -0.39 is 0 Å². The molecule has 0 heterocycles. The third-order valence-corrected chi connectivity index (χ3v) is 3.09. The van der Waals surface area contributed by atoms with Crippen molar-refractivity contribution in [2.24, 2.45) is 0 Å². The van der Waals surface area contributed by atoms with Gasteiger partial charge < -0.3 is 5.11 Å². The number of allylic oxidation sites excluding steroid dienone is 1. The van der Waals surface area contributed by atoms with Crippen LogP contribution in [0.15, 0.2) is 16.1 Å². The van der Waals surface area contributed by atoms with Crippen LogP contribution in [0.1, 0.15) is 16.7 Å². The number of phenols is 1. The van der Waals surface area contributed by atoms with Crippen molar-refractivity contribution in [3.8, 4) is 17.9 Å². The number of nitriles is 2. The van der Waals surface area contributed by atoms with Crippen molar-refractivity contribution >= 4 is 22.0 Å². The van der Waals surface area contributed by atoms with Crippen molar-refractivity contribution in [3.05, 3.63) is 32.8 Å². The Labute approximate surface area is 102 Å². The molecule has 0 spiro atoms. The number of rotatable bonds is 1. The van der Waals surface area contributed by atoms with Gasteiger partial charge >= 0.3 is 0 Å². The van der Waals surface area contributed by atoms with E-state index in [0.29, 0.717) is 11.1 Å². The summed E-state index contributed by atoms with van der Waals surface area (Å²) in [7, 11) is 0. The van der Waals surface area contributed by atoms with Crippen LogP contribution in [0.5, 0.6) is 5.75 Å². The highest BCUT2D eigenvalue weighted by atomic mass is 79.9. The predicted molar refractivity (Wildman–Crippen MR) is 64.5 cm³/mol. The molecular formula is C12H9BrN2O. The van der Waals surface area contributed by atoms with E-state index in [-0.39, 0.29) is 11.3 Å². The average Bonchev–Trinajstić information content (AvgIpc) is 2.27. The monoisotopic (exact) mass is 276 g/mol. The van der Waals surface area contributed by atoms with E-state index in [2.05, 4.69) is 15.9 Å². The summed E-state index contributed by atoms with van der Waals surface area (Å²) in [6, 6.07) is 5.33. The highest BCUT2D eigenvalue weighted by Crippen LogP contribution is 2.32. The van der Waals surface area contributed by atoms with E-state index in [0.717, 1.165) is 10.0 Å². The zero-order valence-corrected chi connectivity index (χ0v) is 10.5. The predicted octanol–water partition coefficient (Wildman–Crippen LogP) is 3.20. The van der Waals surface area contributed by atoms with Crippen LogP contribution in [-0.2, 0) is 0 Å². The number of benzene rings is 1. The lowest BCUT2D eigenvalue weighted by Gasteiger charge is -2.09. The molecule has 0 saturated heterocycles. The fourth-order valence-electron chi connectivity index (χ4n) is 1.30. The van der Waals surface area contributed by atoms with Gasteiger partial charge in [-0.2, -0.15) is 10.5 Å². The molecule has 0 aliphatic heterocycles. The van der Waals surface area contributed by atoms with Gasteiger partial charge in [-0.1, -0.05) is 15.9 Å². The van der Waals surface area contributed by atoms with E-state index >= 15 is 0 Å². The van der Waals surface area contributed by atoms with Crippen molar-refractivity contribution in [1.29, 1.82) is 10.5 Å². The van der Waals surface area contributed by atoms with E-state index in [1.807, 2.05) is 0 Å². The van der Waals surface area contributed by atoms with Gasteiger partial charge in [-0.25, -0.2) is 0 Å². The van der Waals surface area contributed by atoms with Gasteiger partial charge in [0.2, 0.25) is 0 Å². The normalized spacial score (nSPS) is 9.06. The molecule has 16 heavy (non-hydrogen) atoms. The van der Waals surface area contributed by atoms with Crippen LogP contribution in [-0.4, -0.2) is 5.11 Å². The molecule has 0 fully saturated rings. The topological polar surface area (TPSA) is 67.8 Å². The Kier molecular flexibility index (Phi) is 3.71. The second kappa shape index (κ2) is 4.83.